The maximum atomic E-state index is 5.78. The van der Waals surface area contributed by atoms with Crippen molar-refractivity contribution in [2.75, 3.05) is 5.73 Å². The normalized spacial score (nSPS) is 10.4. The average Bonchev–Trinajstić information content (AvgIpc) is 2.57. The molecule has 2 N–H and O–H groups in total. The molecule has 14 heavy (non-hydrogen) atoms. The fraction of sp³-hybridized carbons (Fsp3) is 0.200. The molecule has 0 aliphatic rings. The van der Waals surface area contributed by atoms with Gasteiger partial charge in [0.05, 0.1) is 18.1 Å². The zero-order chi connectivity index (χ0) is 10.1. The number of aryl methyl sites for hydroxylation is 1. The summed E-state index contributed by atoms with van der Waals surface area (Å²) in [6.07, 6.45) is 7.23. The van der Waals surface area contributed by atoms with E-state index >= 15 is 0 Å². The van der Waals surface area contributed by atoms with Gasteiger partial charge in [0.2, 0.25) is 0 Å². The third kappa shape index (κ3) is 1.35. The molecule has 2 aromatic rings. The summed E-state index contributed by atoms with van der Waals surface area (Å²) in [6, 6.07) is 0. The van der Waals surface area contributed by atoms with Crippen LogP contribution in [-0.4, -0.2) is 14.8 Å². The number of hydrogen-bond donors (Lipinski definition) is 1. The van der Waals surface area contributed by atoms with Gasteiger partial charge in [-0.05, 0) is 12.5 Å². The van der Waals surface area contributed by atoms with Crippen LogP contribution in [0.2, 0.25) is 0 Å². The van der Waals surface area contributed by atoms with Crippen molar-refractivity contribution < 1.29 is 0 Å². The Balaban J connectivity index is 2.57. The van der Waals surface area contributed by atoms with E-state index in [4.69, 9.17) is 5.73 Å². The first-order valence-corrected chi connectivity index (χ1v) is 4.37. The van der Waals surface area contributed by atoms with Crippen LogP contribution in [-0.2, 0) is 7.05 Å². The van der Waals surface area contributed by atoms with Crippen molar-refractivity contribution in [1.29, 1.82) is 0 Å². The van der Waals surface area contributed by atoms with Crippen molar-refractivity contribution in [2.24, 2.45) is 7.05 Å². The molecule has 2 heterocycles. The van der Waals surface area contributed by atoms with Crippen LogP contribution >= 0.6 is 0 Å². The van der Waals surface area contributed by atoms with Crippen molar-refractivity contribution >= 4 is 5.69 Å². The van der Waals surface area contributed by atoms with Gasteiger partial charge in [-0.25, -0.2) is 0 Å². The largest absolute Gasteiger partial charge is 0.397 e. The molecule has 72 valence electrons. The lowest BCUT2D eigenvalue weighted by molar-refractivity contribution is 0.768. The fourth-order valence-corrected chi connectivity index (χ4v) is 1.39. The number of nitrogens with two attached hydrogens (primary N) is 1. The quantitative estimate of drug-likeness (QED) is 0.735. The van der Waals surface area contributed by atoms with E-state index < -0.39 is 0 Å². The molecule has 2 rings (SSSR count). The Morgan fingerprint density at radius 3 is 2.71 bits per heavy atom. The number of nitrogen functional groups attached to an aromatic ring is 1. The predicted octanol–water partition coefficient (Wildman–Crippen LogP) is 1.37. The molecule has 0 atom stereocenters. The molecule has 0 spiro atoms. The standard InChI is InChI=1S/C10H12N4/c1-7-9(4-12-5-10(7)11)8-3-13-14(2)6-8/h3-6H,11H2,1-2H3. The van der Waals surface area contributed by atoms with Crippen LogP contribution in [0, 0.1) is 6.92 Å². The molecule has 2 aromatic heterocycles. The van der Waals surface area contributed by atoms with E-state index in [0.717, 1.165) is 16.7 Å². The third-order valence-corrected chi connectivity index (χ3v) is 2.27. The number of anilines is 1. The van der Waals surface area contributed by atoms with Crippen LogP contribution < -0.4 is 5.73 Å². The van der Waals surface area contributed by atoms with Gasteiger partial charge in [0.15, 0.2) is 0 Å². The lowest BCUT2D eigenvalue weighted by atomic mass is 10.1. The molecular formula is C10H12N4. The SMILES string of the molecule is Cc1c(N)cncc1-c1cnn(C)c1. The second kappa shape index (κ2) is 3.14. The topological polar surface area (TPSA) is 56.7 Å². The van der Waals surface area contributed by atoms with Gasteiger partial charge in [-0.3, -0.25) is 9.67 Å². The summed E-state index contributed by atoms with van der Waals surface area (Å²) in [6.45, 7) is 1.99. The molecular weight excluding hydrogens is 176 g/mol. The Labute approximate surface area is 82.4 Å². The second-order valence-corrected chi connectivity index (χ2v) is 3.30. The second-order valence-electron chi connectivity index (χ2n) is 3.30. The smallest absolute Gasteiger partial charge is 0.0568 e. The summed E-state index contributed by atoms with van der Waals surface area (Å²) in [4.78, 5) is 4.07. The lowest BCUT2D eigenvalue weighted by Crippen LogP contribution is -1.93. The summed E-state index contributed by atoms with van der Waals surface area (Å²) in [7, 11) is 1.89. The van der Waals surface area contributed by atoms with Crippen LogP contribution in [0.1, 0.15) is 5.56 Å². The molecule has 0 fully saturated rings. The van der Waals surface area contributed by atoms with Crippen molar-refractivity contribution in [3.05, 3.63) is 30.4 Å². The zero-order valence-corrected chi connectivity index (χ0v) is 8.23. The maximum Gasteiger partial charge on any atom is 0.0568 e. The van der Waals surface area contributed by atoms with E-state index in [-0.39, 0.29) is 0 Å². The predicted molar refractivity (Wildman–Crippen MR) is 55.6 cm³/mol. The van der Waals surface area contributed by atoms with Crippen molar-refractivity contribution in [2.45, 2.75) is 6.92 Å². The van der Waals surface area contributed by atoms with Gasteiger partial charge >= 0.3 is 0 Å². The first kappa shape index (κ1) is 8.74. The van der Waals surface area contributed by atoms with Crippen LogP contribution in [0.5, 0.6) is 0 Å². The molecule has 0 amide bonds. The van der Waals surface area contributed by atoms with Crippen LogP contribution in [0.4, 0.5) is 5.69 Å². The zero-order valence-electron chi connectivity index (χ0n) is 8.23. The summed E-state index contributed by atoms with van der Waals surface area (Å²) < 4.78 is 1.76. The number of rotatable bonds is 1. The molecule has 0 radical (unpaired) electrons. The third-order valence-electron chi connectivity index (χ3n) is 2.27. The highest BCUT2D eigenvalue weighted by Gasteiger charge is 2.06. The highest BCUT2D eigenvalue weighted by molar-refractivity contribution is 5.70. The molecule has 0 aliphatic heterocycles. The Hall–Kier alpha value is -1.84. The summed E-state index contributed by atoms with van der Waals surface area (Å²) in [5, 5.41) is 4.11. The Morgan fingerprint density at radius 1 is 1.29 bits per heavy atom. The number of hydrogen-bond acceptors (Lipinski definition) is 3. The van der Waals surface area contributed by atoms with Crippen molar-refractivity contribution in [3.8, 4) is 11.1 Å². The summed E-state index contributed by atoms with van der Waals surface area (Å²) >= 11 is 0. The van der Waals surface area contributed by atoms with E-state index in [0.29, 0.717) is 5.69 Å². The minimum Gasteiger partial charge on any atom is -0.397 e. The van der Waals surface area contributed by atoms with Gasteiger partial charge in [0.25, 0.3) is 0 Å². The number of pyridine rings is 1. The van der Waals surface area contributed by atoms with Gasteiger partial charge in [0, 0.05) is 30.6 Å². The molecule has 0 saturated heterocycles. The molecule has 0 bridgehead atoms. The summed E-state index contributed by atoms with van der Waals surface area (Å²) in [5.74, 6) is 0. The molecule has 4 nitrogen and oxygen atoms in total. The van der Waals surface area contributed by atoms with E-state index in [1.807, 2.05) is 32.6 Å². The molecule has 0 saturated carbocycles. The van der Waals surface area contributed by atoms with Crippen LogP contribution in [0.3, 0.4) is 0 Å². The molecule has 0 aromatic carbocycles. The number of nitrogens with zero attached hydrogens (tertiary/aromatic N) is 3. The lowest BCUT2D eigenvalue weighted by Gasteiger charge is -2.04. The van der Waals surface area contributed by atoms with Gasteiger partial charge in [-0.15, -0.1) is 0 Å². The minimum atomic E-state index is 0.714. The number of aromatic nitrogens is 3. The first-order valence-electron chi connectivity index (χ1n) is 4.37. The average molecular weight is 188 g/mol. The fourth-order valence-electron chi connectivity index (χ4n) is 1.39. The Morgan fingerprint density at radius 2 is 2.07 bits per heavy atom. The van der Waals surface area contributed by atoms with Crippen LogP contribution in [0.15, 0.2) is 24.8 Å². The van der Waals surface area contributed by atoms with Gasteiger partial charge in [-0.2, -0.15) is 5.10 Å². The van der Waals surface area contributed by atoms with Gasteiger partial charge < -0.3 is 5.73 Å². The van der Waals surface area contributed by atoms with Gasteiger partial charge in [0.1, 0.15) is 0 Å². The van der Waals surface area contributed by atoms with E-state index in [2.05, 4.69) is 10.1 Å². The summed E-state index contributed by atoms with van der Waals surface area (Å²) in [5.41, 5.74) is 9.62. The van der Waals surface area contributed by atoms with E-state index in [9.17, 15) is 0 Å². The van der Waals surface area contributed by atoms with E-state index in [1.165, 1.54) is 0 Å². The van der Waals surface area contributed by atoms with Crippen molar-refractivity contribution in [3.63, 3.8) is 0 Å². The monoisotopic (exact) mass is 188 g/mol. The maximum absolute atomic E-state index is 5.78. The molecule has 0 unspecified atom stereocenters. The highest BCUT2D eigenvalue weighted by atomic mass is 15.2. The molecule has 0 aliphatic carbocycles. The highest BCUT2D eigenvalue weighted by Crippen LogP contribution is 2.24. The van der Waals surface area contributed by atoms with E-state index in [1.54, 1.807) is 10.9 Å². The van der Waals surface area contributed by atoms with Crippen molar-refractivity contribution in [1.82, 2.24) is 14.8 Å². The molecule has 4 heteroatoms. The first-order chi connectivity index (χ1) is 6.68. The minimum absolute atomic E-state index is 0.714. The Bertz CT molecular complexity index is 459. The Kier molecular flexibility index (Phi) is 1.96. The van der Waals surface area contributed by atoms with Gasteiger partial charge in [-0.1, -0.05) is 0 Å². The van der Waals surface area contributed by atoms with Crippen LogP contribution in [0.25, 0.3) is 11.1 Å².